The van der Waals surface area contributed by atoms with E-state index in [9.17, 15) is 14.4 Å². The summed E-state index contributed by atoms with van der Waals surface area (Å²) in [7, 11) is 2.96. The largest absolute Gasteiger partial charge is 0.481 e. The van der Waals surface area contributed by atoms with Gasteiger partial charge in [-0.15, -0.1) is 0 Å². The van der Waals surface area contributed by atoms with Crippen LogP contribution in [-0.2, 0) is 19.1 Å². The van der Waals surface area contributed by atoms with Gasteiger partial charge in [0.15, 0.2) is 0 Å². The van der Waals surface area contributed by atoms with Crippen molar-refractivity contribution in [2.24, 2.45) is 5.92 Å². The lowest BCUT2D eigenvalue weighted by Crippen LogP contribution is -2.50. The van der Waals surface area contributed by atoms with Gasteiger partial charge in [0.05, 0.1) is 25.9 Å². The Bertz CT molecular complexity index is 386. The number of ether oxygens (including phenoxy) is 2. The molecule has 2 amide bonds. The molecule has 8 heteroatoms. The van der Waals surface area contributed by atoms with Crippen LogP contribution in [0.4, 0.5) is 4.79 Å². The van der Waals surface area contributed by atoms with Crippen LogP contribution in [-0.4, -0.2) is 79.4 Å². The van der Waals surface area contributed by atoms with Crippen LogP contribution < -0.4 is 0 Å². The molecule has 0 aliphatic carbocycles. The molecule has 0 aromatic heterocycles. The molecule has 114 valence electrons. The first kappa shape index (κ1) is 16.2. The zero-order valence-corrected chi connectivity index (χ0v) is 11.9. The van der Waals surface area contributed by atoms with Crippen molar-refractivity contribution in [3.05, 3.63) is 0 Å². The van der Waals surface area contributed by atoms with Crippen LogP contribution in [0, 0.1) is 5.92 Å². The summed E-state index contributed by atoms with van der Waals surface area (Å²) in [5.41, 5.74) is 0. The summed E-state index contributed by atoms with van der Waals surface area (Å²) in [5.74, 6) is -2.26. The van der Waals surface area contributed by atoms with Crippen LogP contribution in [0.15, 0.2) is 0 Å². The summed E-state index contributed by atoms with van der Waals surface area (Å²) < 4.78 is 9.87. The zero-order valence-electron chi connectivity index (χ0n) is 11.9. The highest BCUT2D eigenvalue weighted by atomic mass is 16.5. The van der Waals surface area contributed by atoms with Crippen molar-refractivity contribution in [3.63, 3.8) is 0 Å². The number of nitrogens with zero attached hydrogens (tertiary/aromatic N) is 2. The molecule has 0 saturated carbocycles. The molecule has 2 unspecified atom stereocenters. The van der Waals surface area contributed by atoms with Crippen LogP contribution in [0.5, 0.6) is 0 Å². The molecule has 1 N–H and O–H groups in total. The molecule has 0 aromatic carbocycles. The van der Waals surface area contributed by atoms with Crippen LogP contribution in [0.25, 0.3) is 0 Å². The molecule has 0 bridgehead atoms. The smallest absolute Gasteiger partial charge is 0.325 e. The molecule has 1 aliphatic heterocycles. The molecule has 0 radical (unpaired) electrons. The van der Waals surface area contributed by atoms with E-state index in [2.05, 4.69) is 0 Å². The molecule has 1 fully saturated rings. The molecule has 8 nitrogen and oxygen atoms in total. The van der Waals surface area contributed by atoms with E-state index in [1.807, 2.05) is 0 Å². The third-order valence-corrected chi connectivity index (χ3v) is 3.17. The number of rotatable bonds is 5. The van der Waals surface area contributed by atoms with E-state index in [1.165, 1.54) is 23.9 Å². The second-order valence-electron chi connectivity index (χ2n) is 4.60. The van der Waals surface area contributed by atoms with Crippen molar-refractivity contribution in [1.82, 2.24) is 9.80 Å². The highest BCUT2D eigenvalue weighted by molar-refractivity contribution is 5.81. The molecular formula is C12H20N2O6. The number of esters is 1. The summed E-state index contributed by atoms with van der Waals surface area (Å²) in [6.07, 6.45) is 0. The Balaban J connectivity index is 2.61. The fraction of sp³-hybridized carbons (Fsp3) is 0.750. The summed E-state index contributed by atoms with van der Waals surface area (Å²) >= 11 is 0. The summed E-state index contributed by atoms with van der Waals surface area (Å²) in [6.45, 7) is 2.00. The normalized spacial score (nSPS) is 21.4. The molecule has 1 aliphatic rings. The Hall–Kier alpha value is -1.83. The van der Waals surface area contributed by atoms with Crippen LogP contribution in [0.2, 0.25) is 0 Å². The molecular weight excluding hydrogens is 268 g/mol. The van der Waals surface area contributed by atoms with E-state index in [-0.39, 0.29) is 26.4 Å². The lowest BCUT2D eigenvalue weighted by molar-refractivity contribution is -0.144. The number of amides is 2. The van der Waals surface area contributed by atoms with Gasteiger partial charge >= 0.3 is 18.0 Å². The number of carboxylic acids is 1. The van der Waals surface area contributed by atoms with E-state index >= 15 is 0 Å². The Labute approximate surface area is 117 Å². The van der Waals surface area contributed by atoms with Crippen LogP contribution >= 0.6 is 0 Å². The molecule has 0 spiro atoms. The van der Waals surface area contributed by atoms with Gasteiger partial charge in [-0.25, -0.2) is 4.79 Å². The Kier molecular flexibility index (Phi) is 5.75. The zero-order chi connectivity index (χ0) is 15.3. The highest BCUT2D eigenvalue weighted by Crippen LogP contribution is 2.19. The first-order valence-electron chi connectivity index (χ1n) is 6.32. The minimum Gasteiger partial charge on any atom is -0.481 e. The topological polar surface area (TPSA) is 96.4 Å². The summed E-state index contributed by atoms with van der Waals surface area (Å²) in [4.78, 5) is 37.0. The molecule has 1 rings (SSSR count). The molecule has 0 aromatic rings. The van der Waals surface area contributed by atoms with Gasteiger partial charge < -0.3 is 24.4 Å². The number of carbonyl (C=O) groups is 3. The van der Waals surface area contributed by atoms with Crippen LogP contribution in [0.1, 0.15) is 6.92 Å². The van der Waals surface area contributed by atoms with Gasteiger partial charge in [-0.3, -0.25) is 9.59 Å². The molecule has 1 heterocycles. The minimum absolute atomic E-state index is 0.0826. The number of aliphatic carboxylic acids is 1. The second-order valence-corrected chi connectivity index (χ2v) is 4.60. The number of hydrogen-bond acceptors (Lipinski definition) is 5. The molecule has 2 atom stereocenters. The maximum atomic E-state index is 12.1. The maximum Gasteiger partial charge on any atom is 0.325 e. The number of carboxylic acid groups (broad SMARTS) is 1. The standard InChI is InChI=1S/C12H20N2O6/c1-4-20-10(15)5-13(2)12(18)14(3)9-7-19-6-8(9)11(16)17/h8-9H,4-7H2,1-3H3,(H,16,17). The van der Waals surface area contributed by atoms with E-state index in [4.69, 9.17) is 14.6 Å². The number of likely N-dealkylation sites (N-methyl/N-ethyl adjacent to an activating group) is 2. The fourth-order valence-electron chi connectivity index (χ4n) is 2.04. The van der Waals surface area contributed by atoms with Gasteiger partial charge in [-0.2, -0.15) is 0 Å². The van der Waals surface area contributed by atoms with Gasteiger partial charge in [-0.05, 0) is 6.92 Å². The van der Waals surface area contributed by atoms with Crippen molar-refractivity contribution in [3.8, 4) is 0 Å². The van der Waals surface area contributed by atoms with Crippen molar-refractivity contribution in [2.45, 2.75) is 13.0 Å². The third-order valence-electron chi connectivity index (χ3n) is 3.17. The Morgan fingerprint density at radius 1 is 1.30 bits per heavy atom. The SMILES string of the molecule is CCOC(=O)CN(C)C(=O)N(C)C1COCC1C(=O)O. The average molecular weight is 288 g/mol. The van der Waals surface area contributed by atoms with Gasteiger partial charge in [-0.1, -0.05) is 0 Å². The Morgan fingerprint density at radius 2 is 1.95 bits per heavy atom. The van der Waals surface area contributed by atoms with E-state index in [1.54, 1.807) is 6.92 Å². The van der Waals surface area contributed by atoms with Crippen molar-refractivity contribution in [1.29, 1.82) is 0 Å². The third kappa shape index (κ3) is 3.83. The number of urea groups is 1. The average Bonchev–Trinajstić information content (AvgIpc) is 2.86. The maximum absolute atomic E-state index is 12.1. The first-order chi connectivity index (χ1) is 9.38. The second kappa shape index (κ2) is 7.09. The monoisotopic (exact) mass is 288 g/mol. The van der Waals surface area contributed by atoms with Gasteiger partial charge in [0.25, 0.3) is 0 Å². The van der Waals surface area contributed by atoms with E-state index in [0.717, 1.165) is 0 Å². The molecule has 1 saturated heterocycles. The van der Waals surface area contributed by atoms with Gasteiger partial charge in [0, 0.05) is 14.1 Å². The van der Waals surface area contributed by atoms with E-state index in [0.29, 0.717) is 0 Å². The first-order valence-corrected chi connectivity index (χ1v) is 6.32. The predicted molar refractivity (Wildman–Crippen MR) is 68.2 cm³/mol. The fourth-order valence-corrected chi connectivity index (χ4v) is 2.04. The van der Waals surface area contributed by atoms with Gasteiger partial charge in [0.2, 0.25) is 0 Å². The summed E-state index contributed by atoms with van der Waals surface area (Å²) in [5, 5.41) is 9.06. The number of carbonyl (C=O) groups excluding carboxylic acids is 2. The predicted octanol–water partition coefficient (Wildman–Crippen LogP) is -0.367. The van der Waals surface area contributed by atoms with Gasteiger partial charge in [0.1, 0.15) is 12.5 Å². The van der Waals surface area contributed by atoms with Crippen molar-refractivity contribution in [2.75, 3.05) is 40.5 Å². The summed E-state index contributed by atoms with van der Waals surface area (Å²) in [6, 6.07) is -0.982. The number of hydrogen-bond donors (Lipinski definition) is 1. The lowest BCUT2D eigenvalue weighted by atomic mass is 10.0. The quantitative estimate of drug-likeness (QED) is 0.694. The lowest BCUT2D eigenvalue weighted by Gasteiger charge is -2.30. The molecule has 20 heavy (non-hydrogen) atoms. The highest BCUT2D eigenvalue weighted by Gasteiger charge is 2.39. The van der Waals surface area contributed by atoms with Crippen LogP contribution in [0.3, 0.4) is 0 Å². The minimum atomic E-state index is -1.000. The van der Waals surface area contributed by atoms with Crippen molar-refractivity contribution >= 4 is 18.0 Å². The van der Waals surface area contributed by atoms with E-state index < -0.39 is 29.9 Å². The van der Waals surface area contributed by atoms with Crippen molar-refractivity contribution < 1.29 is 29.0 Å². The Morgan fingerprint density at radius 3 is 2.50 bits per heavy atom.